The summed E-state index contributed by atoms with van der Waals surface area (Å²) in [6, 6.07) is 6.38. The van der Waals surface area contributed by atoms with Gasteiger partial charge in [0, 0.05) is 18.3 Å². The number of hydrogen-bond donors (Lipinski definition) is 2. The lowest BCUT2D eigenvalue weighted by molar-refractivity contribution is 0.574. The first-order valence-electron chi connectivity index (χ1n) is 6.14. The summed E-state index contributed by atoms with van der Waals surface area (Å²) in [4.78, 5) is 4.36. The fourth-order valence-corrected chi connectivity index (χ4v) is 2.20. The van der Waals surface area contributed by atoms with Crippen LogP contribution in [0.1, 0.15) is 30.5 Å². The zero-order chi connectivity index (χ0) is 12.1. The van der Waals surface area contributed by atoms with Crippen molar-refractivity contribution in [3.63, 3.8) is 0 Å². The molecule has 0 spiro atoms. The van der Waals surface area contributed by atoms with Crippen molar-refractivity contribution in [2.45, 2.75) is 32.2 Å². The van der Waals surface area contributed by atoms with Crippen LogP contribution >= 0.6 is 0 Å². The number of nitrogens with one attached hydrogen (secondary N) is 2. The van der Waals surface area contributed by atoms with Crippen molar-refractivity contribution in [2.24, 2.45) is 0 Å². The van der Waals surface area contributed by atoms with Crippen molar-refractivity contribution >= 4 is 5.82 Å². The second-order valence-corrected chi connectivity index (χ2v) is 4.50. The zero-order valence-electron chi connectivity index (χ0n) is 10.2. The fraction of sp³-hybridized carbons (Fsp3) is 0.538. The second kappa shape index (κ2) is 5.65. The molecule has 90 valence electrons. The average Bonchev–Trinajstić information content (AvgIpc) is 2.81. The van der Waals surface area contributed by atoms with Gasteiger partial charge in [0.05, 0.1) is 11.6 Å². The van der Waals surface area contributed by atoms with Gasteiger partial charge in [-0.2, -0.15) is 5.26 Å². The summed E-state index contributed by atoms with van der Waals surface area (Å²) in [5.41, 5.74) is 1.55. The van der Waals surface area contributed by atoms with Gasteiger partial charge in [0.1, 0.15) is 5.82 Å². The van der Waals surface area contributed by atoms with Crippen molar-refractivity contribution in [1.82, 2.24) is 10.3 Å². The van der Waals surface area contributed by atoms with E-state index in [9.17, 15) is 0 Å². The van der Waals surface area contributed by atoms with Gasteiger partial charge in [0.2, 0.25) is 0 Å². The van der Waals surface area contributed by atoms with Crippen LogP contribution in [0.5, 0.6) is 0 Å². The van der Waals surface area contributed by atoms with Crippen LogP contribution < -0.4 is 10.6 Å². The van der Waals surface area contributed by atoms with Gasteiger partial charge in [0.15, 0.2) is 0 Å². The maximum absolute atomic E-state index is 8.87. The Morgan fingerprint density at radius 1 is 1.59 bits per heavy atom. The van der Waals surface area contributed by atoms with Crippen molar-refractivity contribution in [2.75, 3.05) is 18.4 Å². The lowest BCUT2D eigenvalue weighted by atomic mass is 10.1. The zero-order valence-corrected chi connectivity index (χ0v) is 10.2. The minimum absolute atomic E-state index is 0.641. The minimum Gasteiger partial charge on any atom is -0.370 e. The highest BCUT2D eigenvalue weighted by Crippen LogP contribution is 2.11. The number of nitrogens with zero attached hydrogens (tertiary/aromatic N) is 2. The molecule has 0 radical (unpaired) electrons. The van der Waals surface area contributed by atoms with Gasteiger partial charge < -0.3 is 10.6 Å². The molecule has 2 rings (SSSR count). The molecular weight excluding hydrogens is 212 g/mol. The quantitative estimate of drug-likeness (QED) is 0.828. The molecule has 1 saturated heterocycles. The maximum atomic E-state index is 8.87. The molecule has 1 fully saturated rings. The summed E-state index contributed by atoms with van der Waals surface area (Å²) in [7, 11) is 0. The number of pyridine rings is 1. The SMILES string of the molecule is Cc1cc(C#N)cc(NCC[C@@H]2CCCN2)n1. The molecule has 1 aliphatic rings. The second-order valence-electron chi connectivity index (χ2n) is 4.50. The lowest BCUT2D eigenvalue weighted by Crippen LogP contribution is -2.24. The highest BCUT2D eigenvalue weighted by Gasteiger charge is 2.12. The number of hydrogen-bond acceptors (Lipinski definition) is 4. The molecule has 0 aromatic carbocycles. The predicted molar refractivity (Wildman–Crippen MR) is 67.8 cm³/mol. The number of aryl methyl sites for hydroxylation is 1. The van der Waals surface area contributed by atoms with Crippen LogP contribution in [0.25, 0.3) is 0 Å². The number of nitriles is 1. The van der Waals surface area contributed by atoms with Gasteiger partial charge in [0.25, 0.3) is 0 Å². The van der Waals surface area contributed by atoms with E-state index in [1.54, 1.807) is 12.1 Å². The van der Waals surface area contributed by atoms with Gasteiger partial charge in [-0.15, -0.1) is 0 Å². The van der Waals surface area contributed by atoms with E-state index in [0.717, 1.165) is 31.0 Å². The van der Waals surface area contributed by atoms with Crippen LogP contribution in [0.15, 0.2) is 12.1 Å². The Morgan fingerprint density at radius 2 is 2.47 bits per heavy atom. The van der Waals surface area contributed by atoms with E-state index < -0.39 is 0 Å². The van der Waals surface area contributed by atoms with E-state index in [-0.39, 0.29) is 0 Å². The van der Waals surface area contributed by atoms with Crippen LogP contribution in [0.3, 0.4) is 0 Å². The largest absolute Gasteiger partial charge is 0.370 e. The molecule has 2 heterocycles. The van der Waals surface area contributed by atoms with Crippen LogP contribution in [0.4, 0.5) is 5.82 Å². The van der Waals surface area contributed by atoms with Crippen LogP contribution in [-0.2, 0) is 0 Å². The van der Waals surface area contributed by atoms with E-state index in [0.29, 0.717) is 11.6 Å². The van der Waals surface area contributed by atoms with E-state index in [1.165, 1.54) is 12.8 Å². The van der Waals surface area contributed by atoms with E-state index >= 15 is 0 Å². The van der Waals surface area contributed by atoms with Crippen LogP contribution in [0, 0.1) is 18.3 Å². The molecule has 2 N–H and O–H groups in total. The topological polar surface area (TPSA) is 60.7 Å². The highest BCUT2D eigenvalue weighted by molar-refractivity contribution is 5.44. The Balaban J connectivity index is 1.85. The van der Waals surface area contributed by atoms with Gasteiger partial charge in [-0.25, -0.2) is 4.98 Å². The molecule has 0 saturated carbocycles. The third kappa shape index (κ3) is 3.43. The monoisotopic (exact) mass is 230 g/mol. The molecule has 0 unspecified atom stereocenters. The fourth-order valence-electron chi connectivity index (χ4n) is 2.20. The van der Waals surface area contributed by atoms with Gasteiger partial charge >= 0.3 is 0 Å². The Hall–Kier alpha value is -1.60. The summed E-state index contributed by atoms with van der Waals surface area (Å²) in [6.07, 6.45) is 3.66. The Kier molecular flexibility index (Phi) is 3.94. The van der Waals surface area contributed by atoms with E-state index in [4.69, 9.17) is 5.26 Å². The number of aromatic nitrogens is 1. The molecule has 0 bridgehead atoms. The van der Waals surface area contributed by atoms with Gasteiger partial charge in [-0.1, -0.05) is 0 Å². The summed E-state index contributed by atoms with van der Waals surface area (Å²) < 4.78 is 0. The molecular formula is C13H18N4. The average molecular weight is 230 g/mol. The normalized spacial score (nSPS) is 18.9. The predicted octanol–water partition coefficient (Wildman–Crippen LogP) is 1.82. The van der Waals surface area contributed by atoms with Crippen molar-refractivity contribution in [1.29, 1.82) is 5.26 Å². The van der Waals surface area contributed by atoms with E-state index in [2.05, 4.69) is 21.7 Å². The first kappa shape index (κ1) is 11.9. The van der Waals surface area contributed by atoms with Crippen LogP contribution in [-0.4, -0.2) is 24.1 Å². The van der Waals surface area contributed by atoms with Crippen LogP contribution in [0.2, 0.25) is 0 Å². The smallest absolute Gasteiger partial charge is 0.127 e. The molecule has 4 nitrogen and oxygen atoms in total. The molecule has 1 aliphatic heterocycles. The lowest BCUT2D eigenvalue weighted by Gasteiger charge is -2.11. The van der Waals surface area contributed by atoms with Crippen molar-refractivity contribution in [3.8, 4) is 6.07 Å². The molecule has 0 amide bonds. The summed E-state index contributed by atoms with van der Waals surface area (Å²) in [5.74, 6) is 0.805. The van der Waals surface area contributed by atoms with E-state index in [1.807, 2.05) is 6.92 Å². The molecule has 0 aliphatic carbocycles. The molecule has 1 aromatic rings. The molecule has 1 atom stereocenters. The van der Waals surface area contributed by atoms with Crippen molar-refractivity contribution in [3.05, 3.63) is 23.4 Å². The molecule has 1 aromatic heterocycles. The van der Waals surface area contributed by atoms with Crippen molar-refractivity contribution < 1.29 is 0 Å². The first-order chi connectivity index (χ1) is 8.28. The summed E-state index contributed by atoms with van der Waals surface area (Å²) in [6.45, 7) is 3.95. The summed E-state index contributed by atoms with van der Waals surface area (Å²) in [5, 5.41) is 15.6. The molecule has 4 heteroatoms. The Bertz CT molecular complexity index is 416. The third-order valence-electron chi connectivity index (χ3n) is 3.04. The molecule has 17 heavy (non-hydrogen) atoms. The Labute approximate surface area is 102 Å². The highest BCUT2D eigenvalue weighted by atomic mass is 15.0. The van der Waals surface area contributed by atoms with Gasteiger partial charge in [-0.05, 0) is 44.9 Å². The third-order valence-corrected chi connectivity index (χ3v) is 3.04. The number of anilines is 1. The first-order valence-corrected chi connectivity index (χ1v) is 6.14. The van der Waals surface area contributed by atoms with Gasteiger partial charge in [-0.3, -0.25) is 0 Å². The summed E-state index contributed by atoms with van der Waals surface area (Å²) >= 11 is 0. The number of rotatable bonds is 4. The maximum Gasteiger partial charge on any atom is 0.127 e. The minimum atomic E-state index is 0.641. The Morgan fingerprint density at radius 3 is 3.18 bits per heavy atom. The standard InChI is InChI=1S/C13H18N4/c1-10-7-11(9-14)8-13(17-10)16-6-4-12-3-2-5-15-12/h7-8,12,15H,2-6H2,1H3,(H,16,17)/t12-/m0/s1.